The van der Waals surface area contributed by atoms with Crippen LogP contribution in [-0.4, -0.2) is 27.4 Å². The van der Waals surface area contributed by atoms with E-state index < -0.39 is 22.3 Å². The molecule has 2 N–H and O–H groups in total. The first-order chi connectivity index (χ1) is 9.62. The molecular weight excluding hydrogens is 344 g/mol. The highest BCUT2D eigenvalue weighted by Gasteiger charge is 2.23. The molecule has 0 heterocycles. The van der Waals surface area contributed by atoms with Crippen molar-refractivity contribution >= 4 is 33.5 Å². The minimum Gasteiger partial charge on any atom is -0.481 e. The number of nitrogens with zero attached hydrogens (tertiary/aromatic N) is 1. The van der Waals surface area contributed by atoms with E-state index in [4.69, 9.17) is 5.11 Å². The second-order valence-electron chi connectivity index (χ2n) is 5.15. The first-order valence-corrected chi connectivity index (χ1v) is 6.90. The predicted octanol–water partition coefficient (Wildman–Crippen LogP) is 2.73. The highest BCUT2D eigenvalue weighted by atomic mass is 79.9. The third-order valence-corrected chi connectivity index (χ3v) is 3.48. The van der Waals surface area contributed by atoms with Crippen LogP contribution in [0, 0.1) is 10.1 Å². The lowest BCUT2D eigenvalue weighted by Crippen LogP contribution is -2.43. The van der Waals surface area contributed by atoms with Gasteiger partial charge in [-0.1, -0.05) is 0 Å². The number of carboxylic acid groups (broad SMARTS) is 1. The molecule has 0 spiro atoms. The molecule has 0 aliphatic carbocycles. The van der Waals surface area contributed by atoms with E-state index in [0.717, 1.165) is 0 Å². The topological polar surface area (TPSA) is 110 Å². The highest BCUT2D eigenvalue weighted by molar-refractivity contribution is 9.10. The average molecular weight is 359 g/mol. The monoisotopic (exact) mass is 358 g/mol. The van der Waals surface area contributed by atoms with Gasteiger partial charge >= 0.3 is 5.97 Å². The summed E-state index contributed by atoms with van der Waals surface area (Å²) in [6.45, 7) is 3.43. The van der Waals surface area contributed by atoms with Crippen LogP contribution in [0.2, 0.25) is 0 Å². The van der Waals surface area contributed by atoms with Crippen LogP contribution in [0.1, 0.15) is 37.0 Å². The minimum atomic E-state index is -0.936. The van der Waals surface area contributed by atoms with E-state index in [1.54, 1.807) is 13.8 Å². The van der Waals surface area contributed by atoms with Gasteiger partial charge in [0, 0.05) is 28.6 Å². The molecule has 0 saturated heterocycles. The molecule has 0 radical (unpaired) electrons. The molecule has 0 fully saturated rings. The number of non-ortho nitro benzene ring substituents is 1. The Morgan fingerprint density at radius 3 is 2.52 bits per heavy atom. The van der Waals surface area contributed by atoms with Crippen LogP contribution in [0.5, 0.6) is 0 Å². The van der Waals surface area contributed by atoms with Gasteiger partial charge in [-0.25, -0.2) is 0 Å². The van der Waals surface area contributed by atoms with Gasteiger partial charge in [-0.3, -0.25) is 19.7 Å². The number of nitro groups is 1. The van der Waals surface area contributed by atoms with Crippen LogP contribution in [0.15, 0.2) is 22.7 Å². The largest absolute Gasteiger partial charge is 0.481 e. The van der Waals surface area contributed by atoms with Crippen molar-refractivity contribution in [1.82, 2.24) is 5.32 Å². The lowest BCUT2D eigenvalue weighted by atomic mass is 9.97. The van der Waals surface area contributed by atoms with Crippen molar-refractivity contribution in [2.75, 3.05) is 0 Å². The second kappa shape index (κ2) is 6.66. The van der Waals surface area contributed by atoms with E-state index in [1.807, 2.05) is 0 Å². The fourth-order valence-corrected chi connectivity index (χ4v) is 2.21. The van der Waals surface area contributed by atoms with E-state index in [-0.39, 0.29) is 24.1 Å². The maximum atomic E-state index is 12.1. The summed E-state index contributed by atoms with van der Waals surface area (Å²) in [5, 5.41) is 22.0. The number of aliphatic carboxylic acids is 1. The number of amides is 1. The molecule has 0 aliphatic heterocycles. The van der Waals surface area contributed by atoms with E-state index in [0.29, 0.717) is 4.47 Å². The zero-order chi connectivity index (χ0) is 16.2. The summed E-state index contributed by atoms with van der Waals surface area (Å²) in [4.78, 5) is 32.8. The highest BCUT2D eigenvalue weighted by Crippen LogP contribution is 2.24. The Balaban J connectivity index is 2.84. The molecule has 0 atom stereocenters. The third-order valence-electron chi connectivity index (χ3n) is 2.82. The Bertz CT molecular complexity index is 586. The van der Waals surface area contributed by atoms with Gasteiger partial charge in [0.2, 0.25) is 0 Å². The van der Waals surface area contributed by atoms with Crippen molar-refractivity contribution in [3.05, 3.63) is 38.3 Å². The Labute approximate surface area is 129 Å². The molecule has 114 valence electrons. The molecule has 1 amide bonds. The van der Waals surface area contributed by atoms with Crippen molar-refractivity contribution in [3.8, 4) is 0 Å². The molecule has 1 rings (SSSR count). The molecule has 8 heteroatoms. The molecule has 0 aromatic heterocycles. The normalized spacial score (nSPS) is 11.0. The van der Waals surface area contributed by atoms with Gasteiger partial charge in [0.25, 0.3) is 11.6 Å². The number of benzene rings is 1. The predicted molar refractivity (Wildman–Crippen MR) is 79.2 cm³/mol. The number of rotatable bonds is 6. The summed E-state index contributed by atoms with van der Waals surface area (Å²) in [5.74, 6) is -1.36. The molecule has 0 aliphatic rings. The lowest BCUT2D eigenvalue weighted by Gasteiger charge is -2.25. The number of hydrogen-bond acceptors (Lipinski definition) is 4. The number of nitrogens with one attached hydrogen (secondary N) is 1. The van der Waals surface area contributed by atoms with Crippen LogP contribution < -0.4 is 5.32 Å². The smallest absolute Gasteiger partial charge is 0.303 e. The summed E-state index contributed by atoms with van der Waals surface area (Å²) in [5.41, 5.74) is -0.566. The van der Waals surface area contributed by atoms with Crippen LogP contribution in [0.25, 0.3) is 0 Å². The van der Waals surface area contributed by atoms with Gasteiger partial charge in [-0.15, -0.1) is 0 Å². The van der Waals surface area contributed by atoms with Gasteiger partial charge in [0.15, 0.2) is 0 Å². The molecule has 0 bridgehead atoms. The summed E-state index contributed by atoms with van der Waals surface area (Å²) < 4.78 is 0.309. The van der Waals surface area contributed by atoms with Gasteiger partial charge in [-0.2, -0.15) is 0 Å². The zero-order valence-corrected chi connectivity index (χ0v) is 13.1. The summed E-state index contributed by atoms with van der Waals surface area (Å²) in [6.07, 6.45) is 0.216. The Hall–Kier alpha value is -1.96. The molecule has 21 heavy (non-hydrogen) atoms. The number of carbonyl (C=O) groups excluding carboxylic acids is 1. The maximum absolute atomic E-state index is 12.1. The molecule has 1 aromatic carbocycles. The third kappa shape index (κ3) is 5.14. The van der Waals surface area contributed by atoms with Crippen LogP contribution in [0.4, 0.5) is 5.69 Å². The minimum absolute atomic E-state index is 0.0608. The van der Waals surface area contributed by atoms with Crippen molar-refractivity contribution in [1.29, 1.82) is 0 Å². The summed E-state index contributed by atoms with van der Waals surface area (Å²) in [7, 11) is 0. The number of hydrogen-bond donors (Lipinski definition) is 2. The van der Waals surface area contributed by atoms with Crippen LogP contribution in [0.3, 0.4) is 0 Å². The van der Waals surface area contributed by atoms with Crippen molar-refractivity contribution < 1.29 is 19.6 Å². The Morgan fingerprint density at radius 2 is 2.05 bits per heavy atom. The Morgan fingerprint density at radius 1 is 1.43 bits per heavy atom. The first kappa shape index (κ1) is 17.1. The number of carboxylic acids is 1. The zero-order valence-electron chi connectivity index (χ0n) is 11.6. The summed E-state index contributed by atoms with van der Waals surface area (Å²) in [6, 6.07) is 3.84. The SMILES string of the molecule is CC(C)(CCC(=O)O)NC(=O)c1ccc([N+](=O)[O-])cc1Br. The van der Waals surface area contributed by atoms with E-state index in [9.17, 15) is 19.7 Å². The molecular formula is C13H15BrN2O5. The van der Waals surface area contributed by atoms with E-state index >= 15 is 0 Å². The number of halogens is 1. The van der Waals surface area contributed by atoms with E-state index in [2.05, 4.69) is 21.2 Å². The standard InChI is InChI=1S/C13H15BrN2O5/c1-13(2,6-5-11(17)18)15-12(19)9-4-3-8(16(20)21)7-10(9)14/h3-4,7H,5-6H2,1-2H3,(H,15,19)(H,17,18). The molecule has 0 unspecified atom stereocenters. The van der Waals surface area contributed by atoms with Crippen molar-refractivity contribution in [2.24, 2.45) is 0 Å². The fraction of sp³-hybridized carbons (Fsp3) is 0.385. The maximum Gasteiger partial charge on any atom is 0.303 e. The van der Waals surface area contributed by atoms with E-state index in [1.165, 1.54) is 18.2 Å². The number of carbonyl (C=O) groups is 2. The summed E-state index contributed by atoms with van der Waals surface area (Å²) >= 11 is 3.13. The van der Waals surface area contributed by atoms with Gasteiger partial charge in [-0.05, 0) is 42.3 Å². The van der Waals surface area contributed by atoms with Crippen LogP contribution >= 0.6 is 15.9 Å². The van der Waals surface area contributed by atoms with Crippen molar-refractivity contribution in [3.63, 3.8) is 0 Å². The molecule has 7 nitrogen and oxygen atoms in total. The van der Waals surface area contributed by atoms with Crippen molar-refractivity contribution in [2.45, 2.75) is 32.2 Å². The Kier molecular flexibility index (Phi) is 5.42. The van der Waals surface area contributed by atoms with Gasteiger partial charge in [0.1, 0.15) is 0 Å². The quantitative estimate of drug-likeness (QED) is 0.600. The molecule has 0 saturated carbocycles. The van der Waals surface area contributed by atoms with Gasteiger partial charge < -0.3 is 10.4 Å². The number of nitro benzene ring substituents is 1. The average Bonchev–Trinajstić information content (AvgIpc) is 2.35. The second-order valence-corrected chi connectivity index (χ2v) is 6.01. The lowest BCUT2D eigenvalue weighted by molar-refractivity contribution is -0.384. The van der Waals surface area contributed by atoms with Crippen LogP contribution in [-0.2, 0) is 4.79 Å². The molecule has 1 aromatic rings. The first-order valence-electron chi connectivity index (χ1n) is 6.10. The fourth-order valence-electron chi connectivity index (χ4n) is 1.66. The van der Waals surface area contributed by atoms with Gasteiger partial charge in [0.05, 0.1) is 10.5 Å².